The smallest absolute Gasteiger partial charge is 0.251 e. The molecule has 4 rings (SSSR count). The SMILES string of the molecule is C[C@H](NC(=O)c1ccc2c(c1)OCCO2)c1ccc(N2CCCCC2)cc1. The molecule has 5 heteroatoms. The van der Waals surface area contributed by atoms with Gasteiger partial charge in [-0.05, 0) is 62.1 Å². The minimum Gasteiger partial charge on any atom is -0.486 e. The standard InChI is InChI=1S/C22H26N2O3/c1-16(17-5-8-19(9-6-17)24-11-3-2-4-12-24)23-22(25)18-7-10-20-21(15-18)27-14-13-26-20/h5-10,15-16H,2-4,11-14H2,1H3,(H,23,25)/t16-/m0/s1. The topological polar surface area (TPSA) is 50.8 Å². The van der Waals surface area contributed by atoms with Crippen molar-refractivity contribution in [3.63, 3.8) is 0 Å². The molecular formula is C22H26N2O3. The summed E-state index contributed by atoms with van der Waals surface area (Å²) in [5, 5.41) is 3.07. The summed E-state index contributed by atoms with van der Waals surface area (Å²) in [5.74, 6) is 1.21. The molecule has 2 heterocycles. The first-order chi connectivity index (χ1) is 13.2. The maximum absolute atomic E-state index is 12.6. The Morgan fingerprint density at radius 2 is 1.67 bits per heavy atom. The average molecular weight is 366 g/mol. The summed E-state index contributed by atoms with van der Waals surface area (Å²) in [4.78, 5) is 15.0. The van der Waals surface area contributed by atoms with Crippen molar-refractivity contribution in [2.45, 2.75) is 32.2 Å². The van der Waals surface area contributed by atoms with Crippen LogP contribution in [0.15, 0.2) is 42.5 Å². The second-order valence-electron chi connectivity index (χ2n) is 7.19. The minimum absolute atomic E-state index is 0.0684. The number of hydrogen-bond donors (Lipinski definition) is 1. The van der Waals surface area contributed by atoms with E-state index >= 15 is 0 Å². The fourth-order valence-electron chi connectivity index (χ4n) is 3.67. The van der Waals surface area contributed by atoms with Crippen molar-refractivity contribution < 1.29 is 14.3 Å². The summed E-state index contributed by atoms with van der Waals surface area (Å²) in [6.45, 7) is 5.33. The Labute approximate surface area is 160 Å². The van der Waals surface area contributed by atoms with Crippen LogP contribution in [0, 0.1) is 0 Å². The Kier molecular flexibility index (Phi) is 5.19. The van der Waals surface area contributed by atoms with Gasteiger partial charge in [-0.3, -0.25) is 4.79 Å². The van der Waals surface area contributed by atoms with E-state index in [0.29, 0.717) is 30.3 Å². The fraction of sp³-hybridized carbons (Fsp3) is 0.409. The van der Waals surface area contributed by atoms with Crippen LogP contribution >= 0.6 is 0 Å². The van der Waals surface area contributed by atoms with Crippen molar-refractivity contribution >= 4 is 11.6 Å². The number of ether oxygens (including phenoxy) is 2. The van der Waals surface area contributed by atoms with Crippen molar-refractivity contribution in [1.29, 1.82) is 0 Å². The molecule has 0 aliphatic carbocycles. The van der Waals surface area contributed by atoms with E-state index in [1.165, 1.54) is 24.9 Å². The third kappa shape index (κ3) is 4.02. The van der Waals surface area contributed by atoms with Gasteiger partial charge in [-0.25, -0.2) is 0 Å². The molecule has 1 saturated heterocycles. The van der Waals surface area contributed by atoms with Crippen molar-refractivity contribution in [2.75, 3.05) is 31.2 Å². The van der Waals surface area contributed by atoms with Crippen LogP contribution in [0.4, 0.5) is 5.69 Å². The zero-order chi connectivity index (χ0) is 18.6. The predicted molar refractivity (Wildman–Crippen MR) is 106 cm³/mol. The largest absolute Gasteiger partial charge is 0.486 e. The summed E-state index contributed by atoms with van der Waals surface area (Å²) < 4.78 is 11.1. The van der Waals surface area contributed by atoms with Crippen LogP contribution in [0.1, 0.15) is 48.1 Å². The molecule has 0 radical (unpaired) electrons. The first-order valence-corrected chi connectivity index (χ1v) is 9.76. The molecule has 1 amide bonds. The second-order valence-corrected chi connectivity index (χ2v) is 7.19. The molecule has 0 unspecified atom stereocenters. The van der Waals surface area contributed by atoms with E-state index < -0.39 is 0 Å². The van der Waals surface area contributed by atoms with Crippen molar-refractivity contribution in [3.8, 4) is 11.5 Å². The average Bonchev–Trinajstić information content (AvgIpc) is 2.74. The van der Waals surface area contributed by atoms with E-state index in [1.54, 1.807) is 18.2 Å². The van der Waals surface area contributed by atoms with Gasteiger partial charge >= 0.3 is 0 Å². The quantitative estimate of drug-likeness (QED) is 0.890. The highest BCUT2D eigenvalue weighted by atomic mass is 16.6. The summed E-state index contributed by atoms with van der Waals surface area (Å²) in [7, 11) is 0. The van der Waals surface area contributed by atoms with Crippen molar-refractivity contribution in [1.82, 2.24) is 5.32 Å². The third-order valence-electron chi connectivity index (χ3n) is 5.27. The van der Waals surface area contributed by atoms with Crippen LogP contribution in [0.25, 0.3) is 0 Å². The predicted octanol–water partition coefficient (Wildman–Crippen LogP) is 3.94. The number of carbonyl (C=O) groups is 1. The molecule has 0 aromatic heterocycles. The van der Waals surface area contributed by atoms with Crippen LogP contribution < -0.4 is 19.7 Å². The van der Waals surface area contributed by atoms with E-state index in [-0.39, 0.29) is 11.9 Å². The summed E-state index contributed by atoms with van der Waals surface area (Å²) in [6.07, 6.45) is 3.87. The summed E-state index contributed by atoms with van der Waals surface area (Å²) in [5.41, 5.74) is 2.95. The molecule has 0 bridgehead atoms. The molecule has 5 nitrogen and oxygen atoms in total. The van der Waals surface area contributed by atoms with Gasteiger partial charge in [0.25, 0.3) is 5.91 Å². The Balaban J connectivity index is 1.40. The Hall–Kier alpha value is -2.69. The van der Waals surface area contributed by atoms with E-state index in [9.17, 15) is 4.79 Å². The van der Waals surface area contributed by atoms with Crippen molar-refractivity contribution in [2.24, 2.45) is 0 Å². The molecule has 2 aliphatic rings. The van der Waals surface area contributed by atoms with E-state index in [2.05, 4.69) is 34.5 Å². The maximum atomic E-state index is 12.6. The second kappa shape index (κ2) is 7.91. The number of amides is 1. The normalized spacial score (nSPS) is 17.3. The zero-order valence-electron chi connectivity index (χ0n) is 15.7. The van der Waals surface area contributed by atoms with Crippen LogP contribution in [0.5, 0.6) is 11.5 Å². The van der Waals surface area contributed by atoms with Gasteiger partial charge in [0, 0.05) is 24.3 Å². The lowest BCUT2D eigenvalue weighted by Crippen LogP contribution is -2.29. The molecule has 27 heavy (non-hydrogen) atoms. The van der Waals surface area contributed by atoms with Crippen LogP contribution in [0.2, 0.25) is 0 Å². The molecule has 2 aliphatic heterocycles. The number of benzene rings is 2. The lowest BCUT2D eigenvalue weighted by atomic mass is 10.1. The highest BCUT2D eigenvalue weighted by molar-refractivity contribution is 5.95. The Bertz CT molecular complexity index is 798. The highest BCUT2D eigenvalue weighted by Gasteiger charge is 2.17. The van der Waals surface area contributed by atoms with Crippen LogP contribution in [0.3, 0.4) is 0 Å². The van der Waals surface area contributed by atoms with Gasteiger partial charge in [0.05, 0.1) is 6.04 Å². The first-order valence-electron chi connectivity index (χ1n) is 9.76. The van der Waals surface area contributed by atoms with E-state index in [1.807, 2.05) is 6.92 Å². The first kappa shape index (κ1) is 17.7. The lowest BCUT2D eigenvalue weighted by Gasteiger charge is -2.29. The maximum Gasteiger partial charge on any atom is 0.251 e. The number of anilines is 1. The molecule has 142 valence electrons. The molecule has 2 aromatic carbocycles. The highest BCUT2D eigenvalue weighted by Crippen LogP contribution is 2.31. The minimum atomic E-state index is -0.111. The van der Waals surface area contributed by atoms with E-state index in [0.717, 1.165) is 18.7 Å². The summed E-state index contributed by atoms with van der Waals surface area (Å²) in [6, 6.07) is 13.8. The number of fused-ring (bicyclic) bond motifs is 1. The number of nitrogens with one attached hydrogen (secondary N) is 1. The third-order valence-corrected chi connectivity index (χ3v) is 5.27. The van der Waals surface area contributed by atoms with Gasteiger partial charge in [0.15, 0.2) is 11.5 Å². The Morgan fingerprint density at radius 1 is 0.963 bits per heavy atom. The molecule has 0 saturated carbocycles. The van der Waals surface area contributed by atoms with Gasteiger partial charge in [-0.1, -0.05) is 12.1 Å². The molecular weight excluding hydrogens is 340 g/mol. The number of piperidine rings is 1. The lowest BCUT2D eigenvalue weighted by molar-refractivity contribution is 0.0938. The van der Waals surface area contributed by atoms with E-state index in [4.69, 9.17) is 9.47 Å². The zero-order valence-corrected chi connectivity index (χ0v) is 15.7. The van der Waals surface area contributed by atoms with Crippen molar-refractivity contribution in [3.05, 3.63) is 53.6 Å². The van der Waals surface area contributed by atoms with Gasteiger partial charge in [-0.2, -0.15) is 0 Å². The molecule has 0 spiro atoms. The number of hydrogen-bond acceptors (Lipinski definition) is 4. The monoisotopic (exact) mass is 366 g/mol. The Morgan fingerprint density at radius 3 is 2.41 bits per heavy atom. The molecule has 1 fully saturated rings. The van der Waals surface area contributed by atoms with Gasteiger partial charge in [0.2, 0.25) is 0 Å². The molecule has 1 N–H and O–H groups in total. The van der Waals surface area contributed by atoms with Gasteiger partial charge < -0.3 is 19.7 Å². The fourth-order valence-corrected chi connectivity index (χ4v) is 3.67. The molecule has 1 atom stereocenters. The van der Waals surface area contributed by atoms with Crippen LogP contribution in [-0.2, 0) is 0 Å². The van der Waals surface area contributed by atoms with Crippen LogP contribution in [-0.4, -0.2) is 32.2 Å². The van der Waals surface area contributed by atoms with Gasteiger partial charge in [-0.15, -0.1) is 0 Å². The number of rotatable bonds is 4. The van der Waals surface area contributed by atoms with Gasteiger partial charge in [0.1, 0.15) is 13.2 Å². The molecule has 2 aromatic rings. The summed E-state index contributed by atoms with van der Waals surface area (Å²) >= 11 is 0. The number of nitrogens with zero attached hydrogens (tertiary/aromatic N) is 1. The number of carbonyl (C=O) groups excluding carboxylic acids is 1.